The Bertz CT molecular complexity index is 873. The largest absolute Gasteiger partial charge is 1.00 e. The molecule has 0 amide bonds. The van der Waals surface area contributed by atoms with Gasteiger partial charge in [-0.2, -0.15) is 0 Å². The highest BCUT2D eigenvalue weighted by atomic mass is 35.5. The molecule has 140 valence electrons. The first-order valence-electron chi connectivity index (χ1n) is 8.86. The third kappa shape index (κ3) is 5.20. The van der Waals surface area contributed by atoms with Crippen molar-refractivity contribution in [1.29, 1.82) is 0 Å². The predicted octanol–water partition coefficient (Wildman–Crippen LogP) is 2.45. The Kier molecular flexibility index (Phi) is 8.05. The molecular weight excluding hydrogens is 375 g/mol. The van der Waals surface area contributed by atoms with Crippen LogP contribution < -0.4 is 17.7 Å². The summed E-state index contributed by atoms with van der Waals surface area (Å²) in [5.41, 5.74) is 6.71. The van der Waals surface area contributed by atoms with E-state index in [4.69, 9.17) is 11.6 Å². The summed E-state index contributed by atoms with van der Waals surface area (Å²) in [7, 11) is 1.96. The maximum atomic E-state index is 6.53. The van der Waals surface area contributed by atoms with Gasteiger partial charge >= 0.3 is 0 Å². The minimum atomic E-state index is 0. The van der Waals surface area contributed by atoms with Crippen molar-refractivity contribution in [3.63, 3.8) is 0 Å². The molecule has 1 aliphatic carbocycles. The zero-order chi connectivity index (χ0) is 18.4. The first kappa shape index (κ1) is 21.2. The Balaban J connectivity index is 0.00000261. The second kappa shape index (κ2) is 10.3. The van der Waals surface area contributed by atoms with Gasteiger partial charge in [-0.3, -0.25) is 4.99 Å². The number of hydrogen-bond donors (Lipinski definition) is 1. The van der Waals surface area contributed by atoms with Gasteiger partial charge in [0.25, 0.3) is 0 Å². The lowest BCUT2D eigenvalue weighted by molar-refractivity contribution is -0.00000515. The van der Waals surface area contributed by atoms with E-state index in [2.05, 4.69) is 64.9 Å². The van der Waals surface area contributed by atoms with Crippen molar-refractivity contribution in [2.75, 3.05) is 13.6 Å². The van der Waals surface area contributed by atoms with E-state index >= 15 is 0 Å². The van der Waals surface area contributed by atoms with E-state index in [9.17, 15) is 0 Å². The number of hydrogen-bond acceptors (Lipinski definition) is 2. The average molecular weight is 398 g/mol. The molecule has 27 heavy (non-hydrogen) atoms. The van der Waals surface area contributed by atoms with Crippen molar-refractivity contribution < 1.29 is 12.4 Å². The maximum absolute atomic E-state index is 6.53. The number of rotatable bonds is 5. The van der Waals surface area contributed by atoms with Gasteiger partial charge < -0.3 is 17.7 Å². The number of allylic oxidation sites excluding steroid dienone is 5. The van der Waals surface area contributed by atoms with Crippen LogP contribution in [0.2, 0.25) is 5.02 Å². The molecule has 2 aromatic carbocycles. The summed E-state index contributed by atoms with van der Waals surface area (Å²) >= 11 is 6.53. The predicted molar refractivity (Wildman–Crippen MR) is 113 cm³/mol. The zero-order valence-corrected chi connectivity index (χ0v) is 17.1. The molecule has 0 bridgehead atoms. The van der Waals surface area contributed by atoms with Gasteiger partial charge in [-0.05, 0) is 54.5 Å². The summed E-state index contributed by atoms with van der Waals surface area (Å²) in [6.07, 6.45) is 8.36. The normalized spacial score (nSPS) is 12.7. The number of aliphatic imine (C=N–C) groups is 1. The van der Waals surface area contributed by atoms with Gasteiger partial charge in [-0.25, -0.2) is 0 Å². The van der Waals surface area contributed by atoms with E-state index in [-0.39, 0.29) is 12.4 Å². The van der Waals surface area contributed by atoms with E-state index in [0.29, 0.717) is 0 Å². The van der Waals surface area contributed by atoms with Crippen LogP contribution in [-0.4, -0.2) is 19.3 Å². The Morgan fingerprint density at radius 2 is 1.63 bits per heavy atom. The van der Waals surface area contributed by atoms with Gasteiger partial charge in [0.1, 0.15) is 0 Å². The Hall–Kier alpha value is -2.13. The van der Waals surface area contributed by atoms with Crippen LogP contribution in [0.15, 0.2) is 83.4 Å². The van der Waals surface area contributed by atoms with Crippen LogP contribution in [0.4, 0.5) is 0 Å². The van der Waals surface area contributed by atoms with Crippen molar-refractivity contribution in [3.8, 4) is 0 Å². The smallest absolute Gasteiger partial charge is 0.0574 e. The molecule has 0 aliphatic heterocycles. The SMILES string of the molecule is CCN=C1C=CC(=C(c2ccc(CNC)cc2)c2ccccc2Cl)C=C1.[Cl-]. The van der Waals surface area contributed by atoms with Gasteiger partial charge in [0.05, 0.1) is 5.71 Å². The highest BCUT2D eigenvalue weighted by molar-refractivity contribution is 6.32. The Labute approximate surface area is 172 Å². The second-order valence-corrected chi connectivity index (χ2v) is 6.51. The molecule has 0 saturated carbocycles. The average Bonchev–Trinajstić information content (AvgIpc) is 2.67. The molecule has 0 unspecified atom stereocenters. The van der Waals surface area contributed by atoms with Crippen LogP contribution >= 0.6 is 11.6 Å². The molecule has 2 aromatic rings. The summed E-state index contributed by atoms with van der Waals surface area (Å²) in [5.74, 6) is 0. The van der Waals surface area contributed by atoms with Gasteiger partial charge in [-0.15, -0.1) is 0 Å². The maximum Gasteiger partial charge on any atom is 0.0574 e. The Morgan fingerprint density at radius 1 is 0.963 bits per heavy atom. The minimum absolute atomic E-state index is 0. The number of nitrogens with zero attached hydrogens (tertiary/aromatic N) is 1. The van der Waals surface area contributed by atoms with E-state index in [0.717, 1.165) is 46.1 Å². The second-order valence-electron chi connectivity index (χ2n) is 6.10. The number of halogens is 2. The van der Waals surface area contributed by atoms with Gasteiger partial charge in [0.15, 0.2) is 0 Å². The van der Waals surface area contributed by atoms with E-state index in [1.54, 1.807) is 0 Å². The van der Waals surface area contributed by atoms with Crippen LogP contribution in [0.25, 0.3) is 5.57 Å². The zero-order valence-electron chi connectivity index (χ0n) is 15.5. The highest BCUT2D eigenvalue weighted by Crippen LogP contribution is 2.33. The first-order chi connectivity index (χ1) is 12.7. The molecule has 0 heterocycles. The summed E-state index contributed by atoms with van der Waals surface area (Å²) in [5, 5.41) is 3.94. The minimum Gasteiger partial charge on any atom is -1.00 e. The Morgan fingerprint density at radius 3 is 2.22 bits per heavy atom. The van der Waals surface area contributed by atoms with E-state index in [1.165, 1.54) is 5.56 Å². The molecule has 1 N–H and O–H groups in total. The molecule has 0 atom stereocenters. The molecule has 0 radical (unpaired) electrons. The standard InChI is InChI=1S/C23H23ClN2.ClH/c1-3-26-20-14-12-19(13-15-20)23(21-6-4-5-7-22(21)24)18-10-8-17(9-11-18)16-25-2;/h4-15,25H,3,16H2,1-2H3;1H/p-1. The summed E-state index contributed by atoms with van der Waals surface area (Å²) < 4.78 is 0. The fraction of sp³-hybridized carbons (Fsp3) is 0.174. The van der Waals surface area contributed by atoms with Crippen LogP contribution in [0.1, 0.15) is 23.6 Å². The van der Waals surface area contributed by atoms with Crippen LogP contribution in [0.3, 0.4) is 0 Å². The highest BCUT2D eigenvalue weighted by Gasteiger charge is 2.13. The topological polar surface area (TPSA) is 24.4 Å². The molecule has 0 saturated heterocycles. The third-order valence-corrected chi connectivity index (χ3v) is 4.59. The van der Waals surface area contributed by atoms with Gasteiger partial charge in [-0.1, -0.05) is 66.2 Å². The first-order valence-corrected chi connectivity index (χ1v) is 9.24. The third-order valence-electron chi connectivity index (χ3n) is 4.26. The molecule has 1 aliphatic rings. The fourth-order valence-corrected chi connectivity index (χ4v) is 3.28. The van der Waals surface area contributed by atoms with Crippen molar-refractivity contribution in [2.45, 2.75) is 13.5 Å². The van der Waals surface area contributed by atoms with E-state index < -0.39 is 0 Å². The molecular formula is C23H23Cl2N2-. The van der Waals surface area contributed by atoms with Crippen molar-refractivity contribution >= 4 is 22.9 Å². The molecule has 0 spiro atoms. The molecule has 0 fully saturated rings. The molecule has 4 heteroatoms. The van der Waals surface area contributed by atoms with Gasteiger partial charge in [0.2, 0.25) is 0 Å². The fourth-order valence-electron chi connectivity index (χ4n) is 3.05. The molecule has 3 rings (SSSR count). The van der Waals surface area contributed by atoms with Gasteiger partial charge in [0, 0.05) is 23.7 Å². The quantitative estimate of drug-likeness (QED) is 0.822. The van der Waals surface area contributed by atoms with Crippen molar-refractivity contribution in [1.82, 2.24) is 5.32 Å². The van der Waals surface area contributed by atoms with Crippen LogP contribution in [0, 0.1) is 0 Å². The lowest BCUT2D eigenvalue weighted by atomic mass is 9.90. The summed E-state index contributed by atoms with van der Waals surface area (Å²) in [6, 6.07) is 16.6. The summed E-state index contributed by atoms with van der Waals surface area (Å²) in [4.78, 5) is 4.46. The van der Waals surface area contributed by atoms with Crippen LogP contribution in [-0.2, 0) is 6.54 Å². The lowest BCUT2D eigenvalue weighted by Gasteiger charge is -2.16. The number of nitrogens with one attached hydrogen (secondary N) is 1. The van der Waals surface area contributed by atoms with Crippen molar-refractivity contribution in [2.24, 2.45) is 4.99 Å². The van der Waals surface area contributed by atoms with E-state index in [1.807, 2.05) is 32.2 Å². The monoisotopic (exact) mass is 397 g/mol. The molecule has 0 aromatic heterocycles. The van der Waals surface area contributed by atoms with Crippen LogP contribution in [0.5, 0.6) is 0 Å². The molecule has 2 nitrogen and oxygen atoms in total. The summed E-state index contributed by atoms with van der Waals surface area (Å²) in [6.45, 7) is 3.68. The lowest BCUT2D eigenvalue weighted by Crippen LogP contribution is -3.00. The van der Waals surface area contributed by atoms with Crippen molar-refractivity contribution in [3.05, 3.63) is 100 Å². The number of benzene rings is 2.